The van der Waals surface area contributed by atoms with Crippen LogP contribution in [-0.4, -0.2) is 0 Å². The first-order chi connectivity index (χ1) is 19.7. The minimum atomic E-state index is -1.68. The van der Waals surface area contributed by atoms with Crippen molar-refractivity contribution in [3.8, 4) is 22.4 Å². The number of fused-ring (bicyclic) bond motifs is 4. The van der Waals surface area contributed by atoms with E-state index in [1.165, 1.54) is 12.5 Å². The van der Waals surface area contributed by atoms with Crippen LogP contribution in [0.2, 0.25) is 0 Å². The predicted molar refractivity (Wildman–Crippen MR) is 153 cm³/mol. The lowest BCUT2D eigenvalue weighted by atomic mass is 9.69. The Morgan fingerprint density at radius 2 is 1.66 bits per heavy atom. The van der Waals surface area contributed by atoms with Crippen molar-refractivity contribution in [2.45, 2.75) is 64.1 Å². The third-order valence-electron chi connectivity index (χ3n) is 8.75. The molecule has 0 radical (unpaired) electrons. The SMILES string of the molecule is [2H]C1([2H])CCC([2H])(C2CCCCC2)c2cccc(-c3c(F)ccc4c3oc3c(-c5cccc[n+]5C)c(C)ccc34)c21. The van der Waals surface area contributed by atoms with Gasteiger partial charge in [-0.15, -0.1) is 0 Å². The Hall–Kier alpha value is -3.46. The van der Waals surface area contributed by atoms with Crippen molar-refractivity contribution in [2.24, 2.45) is 13.0 Å². The molecule has 0 saturated heterocycles. The average Bonchev–Trinajstić information content (AvgIpc) is 3.34. The Morgan fingerprint density at radius 1 is 0.868 bits per heavy atom. The summed E-state index contributed by atoms with van der Waals surface area (Å²) in [5.74, 6) is -1.13. The van der Waals surface area contributed by atoms with Gasteiger partial charge in [-0.1, -0.05) is 49.6 Å². The monoisotopic (exact) mass is 507 g/mol. The summed E-state index contributed by atoms with van der Waals surface area (Å²) in [6, 6.07) is 19.0. The Morgan fingerprint density at radius 3 is 2.47 bits per heavy atom. The van der Waals surface area contributed by atoms with Crippen LogP contribution in [0.25, 0.3) is 44.3 Å². The highest BCUT2D eigenvalue weighted by molar-refractivity contribution is 6.13. The molecule has 0 aliphatic heterocycles. The van der Waals surface area contributed by atoms with E-state index in [4.69, 9.17) is 7.16 Å². The van der Waals surface area contributed by atoms with Gasteiger partial charge in [0.05, 0.1) is 11.1 Å². The van der Waals surface area contributed by atoms with Crippen LogP contribution in [-0.2, 0) is 13.4 Å². The smallest absolute Gasteiger partial charge is 0.216 e. The van der Waals surface area contributed by atoms with E-state index in [1.807, 2.05) is 49.6 Å². The number of benzene rings is 3. The summed E-state index contributed by atoms with van der Waals surface area (Å²) in [6.45, 7) is 2.05. The zero-order chi connectivity index (χ0) is 28.5. The number of nitrogens with zero attached hydrogens (tertiary/aromatic N) is 1. The highest BCUT2D eigenvalue weighted by atomic mass is 19.1. The molecule has 2 aliphatic rings. The maximum Gasteiger partial charge on any atom is 0.216 e. The van der Waals surface area contributed by atoms with E-state index in [0.717, 1.165) is 58.8 Å². The zero-order valence-corrected chi connectivity index (χ0v) is 22.1. The first kappa shape index (κ1) is 20.5. The Balaban J connectivity index is 1.52. The van der Waals surface area contributed by atoms with Crippen molar-refractivity contribution in [1.29, 1.82) is 0 Å². The van der Waals surface area contributed by atoms with Crippen molar-refractivity contribution in [1.82, 2.24) is 0 Å². The minimum Gasteiger partial charge on any atom is -0.454 e. The number of aromatic nitrogens is 1. The van der Waals surface area contributed by atoms with Crippen LogP contribution >= 0.6 is 0 Å². The van der Waals surface area contributed by atoms with E-state index >= 15 is 4.39 Å². The van der Waals surface area contributed by atoms with Crippen molar-refractivity contribution >= 4 is 21.9 Å². The molecule has 1 atom stereocenters. The van der Waals surface area contributed by atoms with Gasteiger partial charge in [-0.2, -0.15) is 0 Å². The standard InChI is InChI=1S/C35H35FNO/c1-22-17-18-28-29-19-20-30(36)33(35(29)38-34(28)32(22)31-16-6-7-21-37(31)2)27-15-9-13-25-24(12-8-14-26(25)27)23-10-4-3-5-11-23/h6-7,9,13,15-21,23-24H,3-5,8,10-12,14H2,1-2H3/q+1/i14D2,24D. The van der Waals surface area contributed by atoms with Crippen molar-refractivity contribution in [2.75, 3.05) is 0 Å². The van der Waals surface area contributed by atoms with Crippen molar-refractivity contribution in [3.05, 3.63) is 89.4 Å². The van der Waals surface area contributed by atoms with E-state index in [2.05, 4.69) is 23.6 Å². The summed E-state index contributed by atoms with van der Waals surface area (Å²) >= 11 is 0. The lowest BCUT2D eigenvalue weighted by molar-refractivity contribution is -0.660. The summed E-state index contributed by atoms with van der Waals surface area (Å²) in [5, 5.41) is 1.70. The molecular formula is C35H35FNO+. The number of pyridine rings is 1. The highest BCUT2D eigenvalue weighted by Crippen LogP contribution is 2.48. The van der Waals surface area contributed by atoms with E-state index in [-0.39, 0.29) is 17.9 Å². The van der Waals surface area contributed by atoms with Gasteiger partial charge in [0.25, 0.3) is 0 Å². The molecule has 1 fully saturated rings. The molecule has 0 spiro atoms. The van der Waals surface area contributed by atoms with E-state index in [9.17, 15) is 1.37 Å². The Kier molecular flexibility index (Phi) is 5.06. The maximum atomic E-state index is 16.0. The van der Waals surface area contributed by atoms with Crippen LogP contribution < -0.4 is 4.57 Å². The second-order valence-corrected chi connectivity index (χ2v) is 11.0. The van der Waals surface area contributed by atoms with Crippen LogP contribution in [0, 0.1) is 18.7 Å². The maximum absolute atomic E-state index is 16.0. The van der Waals surface area contributed by atoms with Gasteiger partial charge >= 0.3 is 0 Å². The van der Waals surface area contributed by atoms with E-state index in [0.29, 0.717) is 28.7 Å². The fourth-order valence-electron chi connectivity index (χ4n) is 6.88. The topological polar surface area (TPSA) is 17.0 Å². The van der Waals surface area contributed by atoms with Gasteiger partial charge in [0.15, 0.2) is 6.20 Å². The molecule has 2 aromatic heterocycles. The van der Waals surface area contributed by atoms with Gasteiger partial charge in [-0.25, -0.2) is 8.96 Å². The molecule has 0 N–H and O–H groups in total. The summed E-state index contributed by atoms with van der Waals surface area (Å²) < 4.78 is 52.7. The molecule has 2 aliphatic carbocycles. The molecule has 1 saturated carbocycles. The number of rotatable bonds is 3. The fourth-order valence-corrected chi connectivity index (χ4v) is 6.88. The van der Waals surface area contributed by atoms with E-state index in [1.54, 1.807) is 6.07 Å². The fraction of sp³-hybridized carbons (Fsp3) is 0.343. The zero-order valence-electron chi connectivity index (χ0n) is 25.1. The predicted octanol–water partition coefficient (Wildman–Crippen LogP) is 9.19. The average molecular weight is 508 g/mol. The van der Waals surface area contributed by atoms with E-state index < -0.39 is 18.1 Å². The third kappa shape index (κ3) is 3.70. The lowest BCUT2D eigenvalue weighted by Gasteiger charge is -2.35. The number of halogens is 1. The number of hydrogen-bond donors (Lipinski definition) is 0. The molecule has 2 heterocycles. The largest absolute Gasteiger partial charge is 0.454 e. The number of aryl methyl sites for hydroxylation is 2. The summed E-state index contributed by atoms with van der Waals surface area (Å²) in [7, 11) is 2.00. The molecule has 192 valence electrons. The van der Waals surface area contributed by atoms with Gasteiger partial charge in [-0.3, -0.25) is 0 Å². The summed E-state index contributed by atoms with van der Waals surface area (Å²) in [5.41, 5.74) is 6.10. The van der Waals surface area contributed by atoms with Gasteiger partial charge in [-0.05, 0) is 91.2 Å². The molecule has 5 aromatic rings. The molecule has 1 unspecified atom stereocenters. The Labute approximate surface area is 228 Å². The van der Waals surface area contributed by atoms with Crippen molar-refractivity contribution < 1.29 is 17.5 Å². The van der Waals surface area contributed by atoms with Gasteiger partial charge in [0, 0.05) is 27.0 Å². The van der Waals surface area contributed by atoms with Crippen LogP contribution in [0.3, 0.4) is 0 Å². The minimum absolute atomic E-state index is 0.185. The first-order valence-corrected chi connectivity index (χ1v) is 13.9. The van der Waals surface area contributed by atoms with Crippen LogP contribution in [0.1, 0.15) is 71.6 Å². The third-order valence-corrected chi connectivity index (χ3v) is 8.75. The molecule has 0 bridgehead atoms. The van der Waals surface area contributed by atoms with Gasteiger partial charge in [0.1, 0.15) is 24.0 Å². The van der Waals surface area contributed by atoms with Gasteiger partial charge < -0.3 is 4.42 Å². The highest BCUT2D eigenvalue weighted by Gasteiger charge is 2.31. The molecule has 0 amide bonds. The molecule has 3 aromatic carbocycles. The molecular weight excluding hydrogens is 469 g/mol. The van der Waals surface area contributed by atoms with Crippen LogP contribution in [0.4, 0.5) is 4.39 Å². The molecule has 3 heteroatoms. The van der Waals surface area contributed by atoms with Crippen molar-refractivity contribution in [3.63, 3.8) is 0 Å². The number of furan rings is 1. The van der Waals surface area contributed by atoms with Crippen LogP contribution in [0.5, 0.6) is 0 Å². The summed E-state index contributed by atoms with van der Waals surface area (Å²) in [6.07, 6.45) is 6.46. The Bertz CT molecular complexity index is 1820. The quantitative estimate of drug-likeness (QED) is 0.222. The summed E-state index contributed by atoms with van der Waals surface area (Å²) in [4.78, 5) is 0. The second-order valence-electron chi connectivity index (χ2n) is 11.0. The number of hydrogen-bond acceptors (Lipinski definition) is 1. The second kappa shape index (κ2) is 9.38. The van der Waals surface area contributed by atoms with Gasteiger partial charge in [0.2, 0.25) is 5.69 Å². The lowest BCUT2D eigenvalue weighted by Crippen LogP contribution is -2.30. The van der Waals surface area contributed by atoms with Crippen LogP contribution in [0.15, 0.2) is 71.3 Å². The molecule has 7 rings (SSSR count). The first-order valence-electron chi connectivity index (χ1n) is 15.4. The normalized spacial score (nSPS) is 22.7. The molecule has 2 nitrogen and oxygen atoms in total. The molecule has 38 heavy (non-hydrogen) atoms.